The maximum atomic E-state index is 11.6. The first-order valence-electron chi connectivity index (χ1n) is 6.01. The molecule has 98 valence electrons. The average Bonchev–Trinajstić information content (AvgIpc) is 2.52. The molecule has 1 heterocycles. The number of carbonyl (C=O) groups is 1. The molecular weight excluding hydrogens is 250 g/mol. The molecule has 0 amide bonds. The second-order valence-corrected chi connectivity index (χ2v) is 5.78. The minimum absolute atomic E-state index is 0.0928. The Morgan fingerprint density at radius 1 is 1.44 bits per heavy atom. The molecule has 1 aliphatic rings. The molecule has 0 N–H and O–H groups in total. The summed E-state index contributed by atoms with van der Waals surface area (Å²) in [6.45, 7) is 5.37. The number of likely N-dealkylation sites (tertiary alicyclic amines) is 1. The van der Waals surface area contributed by atoms with Crippen molar-refractivity contribution < 1.29 is 9.53 Å². The molecule has 1 aromatic carbocycles. The topological polar surface area (TPSA) is 29.5 Å². The molecule has 0 unspecified atom stereocenters. The Hall–Kier alpha value is -1.06. The van der Waals surface area contributed by atoms with Crippen molar-refractivity contribution >= 4 is 17.4 Å². The smallest absolute Gasteiger partial charge is 0.148 e. The Labute approximate surface area is 113 Å². The van der Waals surface area contributed by atoms with E-state index in [2.05, 4.69) is 18.7 Å². The summed E-state index contributed by atoms with van der Waals surface area (Å²) in [5.41, 5.74) is 0.928. The van der Waals surface area contributed by atoms with Crippen LogP contribution in [0.3, 0.4) is 0 Å². The van der Waals surface area contributed by atoms with Gasteiger partial charge in [-0.05, 0) is 32.0 Å². The highest BCUT2D eigenvalue weighted by Gasteiger charge is 2.37. The Kier molecular flexibility index (Phi) is 3.64. The third kappa shape index (κ3) is 2.68. The summed E-state index contributed by atoms with van der Waals surface area (Å²) in [4.78, 5) is 13.8. The zero-order valence-corrected chi connectivity index (χ0v) is 11.8. The molecule has 0 aromatic heterocycles. The standard InChI is InChI=1S/C14H18ClNO2/c1-14(2)7-12(17)9-16(14)8-10-6-11(15)4-5-13(10)18-3/h4-6H,7-9H2,1-3H3. The molecule has 0 radical (unpaired) electrons. The molecule has 1 fully saturated rings. The number of rotatable bonds is 3. The molecule has 0 saturated carbocycles. The predicted octanol–water partition coefficient (Wildman–Crippen LogP) is 2.90. The van der Waals surface area contributed by atoms with Crippen molar-refractivity contribution in [2.45, 2.75) is 32.4 Å². The van der Waals surface area contributed by atoms with Gasteiger partial charge in [0, 0.05) is 29.1 Å². The van der Waals surface area contributed by atoms with Crippen LogP contribution in [-0.2, 0) is 11.3 Å². The molecular formula is C14H18ClNO2. The van der Waals surface area contributed by atoms with Crippen molar-refractivity contribution in [2.75, 3.05) is 13.7 Å². The second kappa shape index (κ2) is 4.90. The third-order valence-electron chi connectivity index (χ3n) is 3.46. The van der Waals surface area contributed by atoms with Crippen molar-refractivity contribution in [3.8, 4) is 5.75 Å². The molecule has 0 spiro atoms. The van der Waals surface area contributed by atoms with E-state index in [1.54, 1.807) is 7.11 Å². The van der Waals surface area contributed by atoms with Gasteiger partial charge < -0.3 is 4.74 Å². The fourth-order valence-corrected chi connectivity index (χ4v) is 2.62. The van der Waals surface area contributed by atoms with Crippen molar-refractivity contribution in [1.29, 1.82) is 0 Å². The Balaban J connectivity index is 2.24. The number of carbonyl (C=O) groups excluding carboxylic acids is 1. The molecule has 3 nitrogen and oxygen atoms in total. The van der Waals surface area contributed by atoms with Gasteiger partial charge in [-0.1, -0.05) is 11.6 Å². The van der Waals surface area contributed by atoms with E-state index < -0.39 is 0 Å². The van der Waals surface area contributed by atoms with E-state index in [-0.39, 0.29) is 5.54 Å². The summed E-state index contributed by atoms with van der Waals surface area (Å²) in [5, 5.41) is 0.689. The monoisotopic (exact) mass is 267 g/mol. The van der Waals surface area contributed by atoms with Crippen LogP contribution < -0.4 is 4.74 Å². The highest BCUT2D eigenvalue weighted by molar-refractivity contribution is 6.30. The second-order valence-electron chi connectivity index (χ2n) is 5.34. The number of Topliss-reactive ketones (excluding diaryl/α,β-unsaturated/α-hetero) is 1. The zero-order chi connectivity index (χ0) is 13.3. The maximum Gasteiger partial charge on any atom is 0.148 e. The summed E-state index contributed by atoms with van der Waals surface area (Å²) >= 11 is 6.02. The zero-order valence-electron chi connectivity index (χ0n) is 11.0. The number of ether oxygens (including phenoxy) is 1. The van der Waals surface area contributed by atoms with E-state index in [1.807, 2.05) is 18.2 Å². The lowest BCUT2D eigenvalue weighted by Gasteiger charge is -2.30. The fraction of sp³-hybridized carbons (Fsp3) is 0.500. The Morgan fingerprint density at radius 3 is 2.72 bits per heavy atom. The SMILES string of the molecule is COc1ccc(Cl)cc1CN1CC(=O)CC1(C)C. The molecule has 2 rings (SSSR count). The highest BCUT2D eigenvalue weighted by Crippen LogP contribution is 2.31. The summed E-state index contributed by atoms with van der Waals surface area (Å²) in [5.74, 6) is 1.11. The quantitative estimate of drug-likeness (QED) is 0.843. The first-order chi connectivity index (χ1) is 8.42. The van der Waals surface area contributed by atoms with Crippen molar-refractivity contribution in [2.24, 2.45) is 0 Å². The van der Waals surface area contributed by atoms with Gasteiger partial charge in [0.05, 0.1) is 13.7 Å². The Bertz CT molecular complexity index is 471. The number of nitrogens with zero attached hydrogens (tertiary/aromatic N) is 1. The summed E-state index contributed by atoms with van der Waals surface area (Å²) in [6.07, 6.45) is 0.607. The van der Waals surface area contributed by atoms with Gasteiger partial charge in [-0.3, -0.25) is 9.69 Å². The highest BCUT2D eigenvalue weighted by atomic mass is 35.5. The van der Waals surface area contributed by atoms with Gasteiger partial charge in [-0.15, -0.1) is 0 Å². The summed E-state index contributed by atoms with van der Waals surface area (Å²) < 4.78 is 5.34. The van der Waals surface area contributed by atoms with Crippen LogP contribution in [0.1, 0.15) is 25.8 Å². The van der Waals surface area contributed by atoms with Crippen LogP contribution in [0.2, 0.25) is 5.02 Å². The van der Waals surface area contributed by atoms with E-state index in [0.717, 1.165) is 11.3 Å². The van der Waals surface area contributed by atoms with Crippen molar-refractivity contribution in [3.05, 3.63) is 28.8 Å². The molecule has 1 aromatic rings. The molecule has 0 bridgehead atoms. The van der Waals surface area contributed by atoms with E-state index in [9.17, 15) is 4.79 Å². The molecule has 4 heteroatoms. The lowest BCUT2D eigenvalue weighted by molar-refractivity contribution is -0.117. The van der Waals surface area contributed by atoms with Crippen LogP contribution in [0.15, 0.2) is 18.2 Å². The van der Waals surface area contributed by atoms with Gasteiger partial charge in [0.15, 0.2) is 0 Å². The number of hydrogen-bond acceptors (Lipinski definition) is 3. The summed E-state index contributed by atoms with van der Waals surface area (Å²) in [6, 6.07) is 5.58. The molecule has 1 aliphatic heterocycles. The molecule has 1 saturated heterocycles. The van der Waals surface area contributed by atoms with Crippen LogP contribution >= 0.6 is 11.6 Å². The number of ketones is 1. The first-order valence-corrected chi connectivity index (χ1v) is 6.39. The van der Waals surface area contributed by atoms with Crippen molar-refractivity contribution in [3.63, 3.8) is 0 Å². The molecule has 18 heavy (non-hydrogen) atoms. The van der Waals surface area contributed by atoms with Gasteiger partial charge in [0.1, 0.15) is 11.5 Å². The lowest BCUT2D eigenvalue weighted by atomic mass is 10.0. The van der Waals surface area contributed by atoms with Crippen LogP contribution in [0.25, 0.3) is 0 Å². The van der Waals surface area contributed by atoms with Gasteiger partial charge in [-0.2, -0.15) is 0 Å². The van der Waals surface area contributed by atoms with Gasteiger partial charge in [-0.25, -0.2) is 0 Å². The van der Waals surface area contributed by atoms with Crippen molar-refractivity contribution in [1.82, 2.24) is 4.90 Å². The third-order valence-corrected chi connectivity index (χ3v) is 3.69. The molecule has 0 atom stereocenters. The van der Waals surface area contributed by atoms with Crippen LogP contribution in [0.5, 0.6) is 5.75 Å². The minimum Gasteiger partial charge on any atom is -0.496 e. The van der Waals surface area contributed by atoms with Crippen LogP contribution in [0.4, 0.5) is 0 Å². The van der Waals surface area contributed by atoms with Gasteiger partial charge >= 0.3 is 0 Å². The van der Waals surface area contributed by atoms with Crippen LogP contribution in [-0.4, -0.2) is 29.9 Å². The normalized spacial score (nSPS) is 19.2. The van der Waals surface area contributed by atoms with Crippen LogP contribution in [0, 0.1) is 0 Å². The predicted molar refractivity (Wildman–Crippen MR) is 72.1 cm³/mol. The fourth-order valence-electron chi connectivity index (χ4n) is 2.42. The number of hydrogen-bond donors (Lipinski definition) is 0. The minimum atomic E-state index is -0.0928. The average molecular weight is 268 g/mol. The number of benzene rings is 1. The number of halogens is 1. The number of methoxy groups -OCH3 is 1. The Morgan fingerprint density at radius 2 is 2.17 bits per heavy atom. The van der Waals surface area contributed by atoms with E-state index in [4.69, 9.17) is 16.3 Å². The first kappa shape index (κ1) is 13.4. The largest absolute Gasteiger partial charge is 0.496 e. The summed E-state index contributed by atoms with van der Waals surface area (Å²) in [7, 11) is 1.65. The van der Waals surface area contributed by atoms with E-state index >= 15 is 0 Å². The maximum absolute atomic E-state index is 11.6. The van der Waals surface area contributed by atoms with E-state index in [1.165, 1.54) is 0 Å². The molecule has 0 aliphatic carbocycles. The van der Waals surface area contributed by atoms with Gasteiger partial charge in [0.25, 0.3) is 0 Å². The van der Waals surface area contributed by atoms with E-state index in [0.29, 0.717) is 30.3 Å². The van der Waals surface area contributed by atoms with Gasteiger partial charge in [0.2, 0.25) is 0 Å². The lowest BCUT2D eigenvalue weighted by Crippen LogP contribution is -2.37.